The van der Waals surface area contributed by atoms with Crippen LogP contribution in [0.5, 0.6) is 0 Å². The van der Waals surface area contributed by atoms with Crippen LogP contribution in [-0.2, 0) is 28.9 Å². The lowest BCUT2D eigenvalue weighted by Gasteiger charge is -2.41. The summed E-state index contributed by atoms with van der Waals surface area (Å²) in [5.74, 6) is -0.258. The van der Waals surface area contributed by atoms with Gasteiger partial charge in [-0.1, -0.05) is 288 Å². The van der Waals surface area contributed by atoms with Crippen LogP contribution in [0.4, 0.5) is 0 Å². The number of hydrogen-bond acceptors (Lipinski definition) is 10. The van der Waals surface area contributed by atoms with Gasteiger partial charge in [0.05, 0.1) is 25.4 Å². The molecule has 0 spiro atoms. The van der Waals surface area contributed by atoms with Gasteiger partial charge in [0.15, 0.2) is 6.29 Å². The summed E-state index contributed by atoms with van der Waals surface area (Å²) in [7, 11) is -5.09. The average molecular weight is 1110 g/mol. The maximum Gasteiger partial charge on any atom is 0.397 e. The minimum atomic E-state index is -5.09. The number of allylic oxidation sites excluding steroid dienone is 5. The molecule has 1 aliphatic heterocycles. The maximum atomic E-state index is 13.2. The minimum Gasteiger partial charge on any atom is -0.394 e. The smallest absolute Gasteiger partial charge is 0.394 e. The zero-order valence-corrected chi connectivity index (χ0v) is 50.4. The van der Waals surface area contributed by atoms with Crippen molar-refractivity contribution in [1.82, 2.24) is 5.32 Å². The van der Waals surface area contributed by atoms with E-state index in [1.54, 1.807) is 6.08 Å². The van der Waals surface area contributed by atoms with Crippen LogP contribution in [0.15, 0.2) is 36.5 Å². The van der Waals surface area contributed by atoms with Gasteiger partial charge in [-0.25, -0.2) is 4.18 Å². The molecule has 454 valence electrons. The van der Waals surface area contributed by atoms with Crippen molar-refractivity contribution in [3.05, 3.63) is 36.5 Å². The number of unbranched alkanes of at least 4 members (excludes halogenated alkanes) is 41. The highest BCUT2D eigenvalue weighted by Crippen LogP contribution is 2.26. The van der Waals surface area contributed by atoms with Crippen LogP contribution in [0.3, 0.4) is 0 Å². The Bertz CT molecular complexity index is 1490. The second-order valence-corrected chi connectivity index (χ2v) is 23.8. The van der Waals surface area contributed by atoms with Crippen LogP contribution >= 0.6 is 0 Å². The maximum absolute atomic E-state index is 13.2. The van der Waals surface area contributed by atoms with Crippen LogP contribution in [0.2, 0.25) is 0 Å². The van der Waals surface area contributed by atoms with Crippen LogP contribution in [0.1, 0.15) is 309 Å². The number of rotatable bonds is 57. The molecule has 0 aromatic rings. The first kappa shape index (κ1) is 73.3. The van der Waals surface area contributed by atoms with Gasteiger partial charge in [-0.15, -0.1) is 0 Å². The zero-order chi connectivity index (χ0) is 56.1. The van der Waals surface area contributed by atoms with Crippen molar-refractivity contribution < 1.29 is 51.8 Å². The number of carbonyl (C=O) groups excluding carboxylic acids is 1. The molecule has 1 fully saturated rings. The summed E-state index contributed by atoms with van der Waals surface area (Å²) in [6, 6.07) is -0.945. The summed E-state index contributed by atoms with van der Waals surface area (Å²) < 4.78 is 47.9. The van der Waals surface area contributed by atoms with E-state index < -0.39 is 59.9 Å². The number of carbonyl (C=O) groups is 1. The van der Waals surface area contributed by atoms with Crippen LogP contribution < -0.4 is 5.32 Å². The lowest BCUT2D eigenvalue weighted by atomic mass is 9.99. The van der Waals surface area contributed by atoms with Gasteiger partial charge in [0.1, 0.15) is 24.4 Å². The van der Waals surface area contributed by atoms with E-state index in [4.69, 9.17) is 9.47 Å². The largest absolute Gasteiger partial charge is 0.397 e. The molecule has 12 nitrogen and oxygen atoms in total. The Hall–Kier alpha value is -1.68. The van der Waals surface area contributed by atoms with Crippen molar-refractivity contribution >= 4 is 16.3 Å². The normalized spacial score (nSPS) is 19.1. The van der Waals surface area contributed by atoms with Gasteiger partial charge in [0.2, 0.25) is 5.91 Å². The number of hydrogen-bond donors (Lipinski definition) is 6. The third kappa shape index (κ3) is 45.6. The highest BCUT2D eigenvalue weighted by atomic mass is 32.3. The van der Waals surface area contributed by atoms with Crippen molar-refractivity contribution in [3.63, 3.8) is 0 Å². The molecule has 1 heterocycles. The Morgan fingerprint density at radius 3 is 1.23 bits per heavy atom. The highest BCUT2D eigenvalue weighted by Gasteiger charge is 2.48. The second-order valence-electron chi connectivity index (χ2n) is 22.7. The number of aliphatic hydroxyl groups excluding tert-OH is 4. The molecule has 6 N–H and O–H groups in total. The Kier molecular flexibility index (Phi) is 51.1. The van der Waals surface area contributed by atoms with Crippen molar-refractivity contribution in [1.29, 1.82) is 0 Å². The lowest BCUT2D eigenvalue weighted by molar-refractivity contribution is -0.298. The molecule has 7 atom stereocenters. The first-order valence-corrected chi connectivity index (χ1v) is 33.7. The topological polar surface area (TPSA) is 192 Å². The Balaban J connectivity index is 2.27. The molecule has 1 rings (SSSR count). The van der Waals surface area contributed by atoms with E-state index in [1.165, 1.54) is 238 Å². The van der Waals surface area contributed by atoms with Crippen molar-refractivity contribution in [2.24, 2.45) is 0 Å². The fourth-order valence-corrected chi connectivity index (χ4v) is 10.9. The van der Waals surface area contributed by atoms with Crippen molar-refractivity contribution in [2.45, 2.75) is 352 Å². The van der Waals surface area contributed by atoms with E-state index in [0.29, 0.717) is 6.42 Å². The Morgan fingerprint density at radius 2 is 0.870 bits per heavy atom. The molecule has 0 aromatic carbocycles. The third-order valence-electron chi connectivity index (χ3n) is 15.4. The molecular weight excluding hydrogens is 991 g/mol. The first-order valence-electron chi connectivity index (χ1n) is 32.4. The van der Waals surface area contributed by atoms with Crippen LogP contribution in [-0.4, -0.2) is 95.4 Å². The van der Waals surface area contributed by atoms with Gasteiger partial charge in [0, 0.05) is 6.42 Å². The molecule has 0 aromatic heterocycles. The van der Waals surface area contributed by atoms with Crippen molar-refractivity contribution in [2.75, 3.05) is 13.2 Å². The lowest BCUT2D eigenvalue weighted by Crippen LogP contribution is -2.61. The van der Waals surface area contributed by atoms with E-state index in [9.17, 15) is 38.2 Å². The highest BCUT2D eigenvalue weighted by molar-refractivity contribution is 7.80. The summed E-state index contributed by atoms with van der Waals surface area (Å²) >= 11 is 0. The van der Waals surface area contributed by atoms with E-state index in [1.807, 2.05) is 6.08 Å². The molecule has 77 heavy (non-hydrogen) atoms. The summed E-state index contributed by atoms with van der Waals surface area (Å²) in [6.07, 6.45) is 60.6. The number of aliphatic hydroxyl groups is 4. The van der Waals surface area contributed by atoms with Gasteiger partial charge in [-0.2, -0.15) is 8.42 Å². The van der Waals surface area contributed by atoms with Crippen LogP contribution in [0.25, 0.3) is 0 Å². The molecule has 1 aliphatic rings. The average Bonchev–Trinajstić information content (AvgIpc) is 3.41. The standard InChI is InChI=1S/C64H121NO11S/c1-3-5-7-9-11-13-15-17-19-21-23-24-25-26-27-28-29-30-31-32-33-34-36-38-40-42-44-46-48-50-52-54-60(68)65-57(56-74-64-62(70)63(76-77(71,72)73)61(69)59(55-66)75-64)58(67)53-51-49-47-45-43-41-39-37-35-22-20-18-16-14-12-10-8-6-4-2/h23-24,26-27,51,53,57-59,61-64,66-67,69-70H,3-22,25,28-50,52,54-56H2,1-2H3,(H,65,68)(H,71,72,73)/b24-23-,27-26-,53-51+. The van der Waals surface area contributed by atoms with Gasteiger partial charge >= 0.3 is 10.4 Å². The summed E-state index contributed by atoms with van der Waals surface area (Å²) in [6.45, 7) is 3.44. The molecule has 0 saturated carbocycles. The molecule has 0 aliphatic carbocycles. The Labute approximate surface area is 473 Å². The SMILES string of the molecule is CCCCCCCCCCC/C=C\C/C=C\CCCCCCCCCCCCCCCCCC(=O)NC(COC1OC(CO)C(O)C(OS(=O)(=O)O)C1O)C(O)/C=C/CCCCCCCCCCCCCCCCCCC. The quantitative estimate of drug-likeness (QED) is 0.0193. The zero-order valence-electron chi connectivity index (χ0n) is 49.5. The fourth-order valence-electron chi connectivity index (χ4n) is 10.4. The number of amides is 1. The number of ether oxygens (including phenoxy) is 2. The molecule has 13 heteroatoms. The van der Waals surface area contributed by atoms with Gasteiger partial charge in [-0.05, 0) is 51.4 Å². The molecule has 7 unspecified atom stereocenters. The van der Waals surface area contributed by atoms with Crippen LogP contribution in [0, 0.1) is 0 Å². The fraction of sp³-hybridized carbons (Fsp3) is 0.891. The van der Waals surface area contributed by atoms with E-state index >= 15 is 0 Å². The van der Waals surface area contributed by atoms with Gasteiger partial charge in [-0.3, -0.25) is 9.35 Å². The second kappa shape index (κ2) is 53.6. The molecule has 1 saturated heterocycles. The van der Waals surface area contributed by atoms with E-state index in [2.05, 4.69) is 47.7 Å². The molecular formula is C64H121NO11S. The third-order valence-corrected chi connectivity index (χ3v) is 15.9. The van der Waals surface area contributed by atoms with E-state index in [-0.39, 0.29) is 18.9 Å². The molecule has 1 amide bonds. The number of nitrogens with one attached hydrogen (secondary N) is 1. The molecule has 0 radical (unpaired) electrons. The summed E-state index contributed by atoms with van der Waals surface area (Å²) in [4.78, 5) is 13.2. The first-order chi connectivity index (χ1) is 37.5. The summed E-state index contributed by atoms with van der Waals surface area (Å²) in [5.41, 5.74) is 0. The molecule has 0 bridgehead atoms. The van der Waals surface area contributed by atoms with Gasteiger partial charge < -0.3 is 35.2 Å². The van der Waals surface area contributed by atoms with Crippen molar-refractivity contribution in [3.8, 4) is 0 Å². The minimum absolute atomic E-state index is 0.258. The van der Waals surface area contributed by atoms with E-state index in [0.717, 1.165) is 44.9 Å². The Morgan fingerprint density at radius 1 is 0.519 bits per heavy atom. The summed E-state index contributed by atoms with van der Waals surface area (Å²) in [5, 5.41) is 45.1. The van der Waals surface area contributed by atoms with Gasteiger partial charge in [0.25, 0.3) is 0 Å². The monoisotopic (exact) mass is 1110 g/mol. The predicted octanol–water partition coefficient (Wildman–Crippen LogP) is 16.1. The predicted molar refractivity (Wildman–Crippen MR) is 319 cm³/mol.